The van der Waals surface area contributed by atoms with Crippen molar-refractivity contribution >= 4 is 22.8 Å². The van der Waals surface area contributed by atoms with Crippen LogP contribution in [-0.4, -0.2) is 22.8 Å². The smallest absolute Gasteiger partial charge is 0.114 e. The molecular formula is C2HBOSi. The molecule has 0 unspecified atom stereocenters. The van der Waals surface area contributed by atoms with Crippen LogP contribution in [0.5, 0.6) is 0 Å². The van der Waals surface area contributed by atoms with E-state index in [1.807, 2.05) is 0 Å². The average molecular weight is 79.9 g/mol. The quantitative estimate of drug-likeness (QED) is 0.295. The third-order valence-corrected chi connectivity index (χ3v) is 0.427. The molecule has 0 aliphatic carbocycles. The number of carbonyl (C=O) groups excluding carboxylic acids is 1. The first-order chi connectivity index (χ1) is 2.41. The molecule has 0 saturated heterocycles. The lowest BCUT2D eigenvalue weighted by Gasteiger charge is -1.52. The predicted molar refractivity (Wildman–Crippen MR) is 21.8 cm³/mol. The van der Waals surface area contributed by atoms with Gasteiger partial charge >= 0.3 is 0 Å². The van der Waals surface area contributed by atoms with Gasteiger partial charge in [-0.3, -0.25) is 0 Å². The van der Waals surface area contributed by atoms with Crippen molar-refractivity contribution in [3.63, 3.8) is 0 Å². The Hall–Kier alpha value is -0.268. The summed E-state index contributed by atoms with van der Waals surface area (Å²) in [5.41, 5.74) is 1.25. The lowest BCUT2D eigenvalue weighted by Crippen LogP contribution is -1.77. The second-order valence-corrected chi connectivity index (χ2v) is 1.05. The van der Waals surface area contributed by atoms with Crippen LogP contribution >= 0.6 is 0 Å². The number of hydrogen-bond donors (Lipinski definition) is 0. The Bertz CT molecular complexity index is 56.7. The van der Waals surface area contributed by atoms with E-state index in [2.05, 4.69) is 0 Å². The van der Waals surface area contributed by atoms with Gasteiger partial charge in [0.05, 0.1) is 7.44 Å². The van der Waals surface area contributed by atoms with Crippen LogP contribution in [0.15, 0.2) is 5.70 Å². The minimum Gasteiger partial charge on any atom is -0.234 e. The summed E-state index contributed by atoms with van der Waals surface area (Å²) in [5.74, 6) is 1.53. The van der Waals surface area contributed by atoms with Gasteiger partial charge in [-0.1, -0.05) is 0 Å². The van der Waals surface area contributed by atoms with E-state index in [-0.39, 0.29) is 9.39 Å². The fourth-order valence-electron chi connectivity index (χ4n) is 0.0340. The van der Waals surface area contributed by atoms with Gasteiger partial charge in [0.15, 0.2) is 0 Å². The molecule has 0 aromatic carbocycles. The molecule has 0 aromatic heterocycles. The molecule has 0 saturated carbocycles. The topological polar surface area (TPSA) is 17.1 Å². The molecular weight excluding hydrogens is 78.9 g/mol. The summed E-state index contributed by atoms with van der Waals surface area (Å²) in [4.78, 5) is 9.15. The van der Waals surface area contributed by atoms with Gasteiger partial charge in [0.2, 0.25) is 0 Å². The summed E-state index contributed by atoms with van der Waals surface area (Å²) >= 11 is 0. The number of rotatable bonds is 1. The largest absolute Gasteiger partial charge is 0.234 e. The van der Waals surface area contributed by atoms with Crippen molar-refractivity contribution < 1.29 is 4.79 Å². The summed E-state index contributed by atoms with van der Waals surface area (Å²) < 4.78 is 0. The number of hydrogen-bond acceptors (Lipinski definition) is 1. The van der Waals surface area contributed by atoms with Crippen molar-refractivity contribution in [3.8, 4) is 0 Å². The van der Waals surface area contributed by atoms with Gasteiger partial charge in [0.1, 0.15) is 5.94 Å². The molecule has 5 heavy (non-hydrogen) atoms. The summed E-state index contributed by atoms with van der Waals surface area (Å²) in [6, 6.07) is 0. The van der Waals surface area contributed by atoms with Crippen LogP contribution < -0.4 is 0 Å². The molecule has 0 heterocycles. The molecule has 0 bridgehead atoms. The van der Waals surface area contributed by atoms with Gasteiger partial charge in [-0.2, -0.15) is 0 Å². The SMILES string of the molecule is [B][Si]C=C=O. The van der Waals surface area contributed by atoms with Crippen molar-refractivity contribution in [3.05, 3.63) is 5.70 Å². The second-order valence-electron chi connectivity index (χ2n) is 0.429. The van der Waals surface area contributed by atoms with Crippen molar-refractivity contribution in [1.29, 1.82) is 0 Å². The van der Waals surface area contributed by atoms with Gasteiger partial charge in [-0.25, -0.2) is 4.79 Å². The highest BCUT2D eigenvalue weighted by Gasteiger charge is 1.56. The molecule has 0 spiro atoms. The zero-order chi connectivity index (χ0) is 4.12. The molecule has 0 aromatic rings. The lowest BCUT2D eigenvalue weighted by atomic mass is 10.8. The molecule has 0 amide bonds. The van der Waals surface area contributed by atoms with Crippen molar-refractivity contribution in [2.75, 3.05) is 0 Å². The maximum atomic E-state index is 9.15. The van der Waals surface area contributed by atoms with E-state index in [0.717, 1.165) is 0 Å². The highest BCUT2D eigenvalue weighted by molar-refractivity contribution is 6.93. The minimum atomic E-state index is 0.109. The molecule has 3 heteroatoms. The fourth-order valence-corrected chi connectivity index (χ4v) is 0.102. The van der Waals surface area contributed by atoms with E-state index in [1.54, 1.807) is 0 Å². The summed E-state index contributed by atoms with van der Waals surface area (Å²) in [5, 5.41) is 0. The Labute approximate surface area is 34.2 Å². The van der Waals surface area contributed by atoms with Crippen molar-refractivity contribution in [2.45, 2.75) is 0 Å². The van der Waals surface area contributed by atoms with E-state index >= 15 is 0 Å². The first-order valence-electron chi connectivity index (χ1n) is 1.07. The summed E-state index contributed by atoms with van der Waals surface area (Å²) in [6.45, 7) is 0. The van der Waals surface area contributed by atoms with E-state index in [4.69, 9.17) is 12.2 Å². The van der Waals surface area contributed by atoms with Gasteiger partial charge in [0, 0.05) is 9.39 Å². The monoisotopic (exact) mass is 80.0 g/mol. The molecule has 22 valence electrons. The van der Waals surface area contributed by atoms with Crippen LogP contribution in [0, 0.1) is 0 Å². The Morgan fingerprint density at radius 1 is 2.00 bits per heavy atom. The summed E-state index contributed by atoms with van der Waals surface area (Å²) in [7, 11) is 4.96. The van der Waals surface area contributed by atoms with Gasteiger partial charge < -0.3 is 0 Å². The van der Waals surface area contributed by atoms with Crippen LogP contribution in [0.2, 0.25) is 0 Å². The average Bonchev–Trinajstić information content (AvgIpc) is 1.41. The Kier molecular flexibility index (Phi) is 3.53. The zero-order valence-electron chi connectivity index (χ0n) is 2.56. The maximum Gasteiger partial charge on any atom is 0.114 e. The van der Waals surface area contributed by atoms with E-state index in [0.29, 0.717) is 0 Å². The van der Waals surface area contributed by atoms with E-state index < -0.39 is 0 Å². The second kappa shape index (κ2) is 3.73. The molecule has 0 atom stereocenters. The third-order valence-electron chi connectivity index (χ3n) is 0.142. The predicted octanol–water partition coefficient (Wildman–Crippen LogP) is -0.881. The van der Waals surface area contributed by atoms with E-state index in [9.17, 15) is 0 Å². The minimum absolute atomic E-state index is 0.109. The van der Waals surface area contributed by atoms with Crippen LogP contribution in [-0.2, 0) is 4.79 Å². The zero-order valence-corrected chi connectivity index (χ0v) is 3.56. The molecule has 1 nitrogen and oxygen atoms in total. The molecule has 0 aliphatic heterocycles. The molecule has 0 fully saturated rings. The van der Waals surface area contributed by atoms with Crippen molar-refractivity contribution in [2.24, 2.45) is 0 Å². The highest BCUT2D eigenvalue weighted by Crippen LogP contribution is 1.38. The van der Waals surface area contributed by atoms with Crippen LogP contribution in [0.25, 0.3) is 0 Å². The van der Waals surface area contributed by atoms with Crippen molar-refractivity contribution in [1.82, 2.24) is 0 Å². The van der Waals surface area contributed by atoms with Gasteiger partial charge in [0.25, 0.3) is 0 Å². The van der Waals surface area contributed by atoms with Crippen LogP contribution in [0.4, 0.5) is 0 Å². The Morgan fingerprint density at radius 2 is 2.60 bits per heavy atom. The van der Waals surface area contributed by atoms with Crippen LogP contribution in [0.3, 0.4) is 0 Å². The first-order valence-corrected chi connectivity index (χ1v) is 2.22. The van der Waals surface area contributed by atoms with Gasteiger partial charge in [-0.05, 0) is 5.70 Å². The Balaban J connectivity index is 2.93. The first kappa shape index (κ1) is 4.73. The molecule has 0 aliphatic rings. The molecule has 4 radical (unpaired) electrons. The normalized spacial score (nSPS) is 5.60. The Morgan fingerprint density at radius 3 is 2.60 bits per heavy atom. The van der Waals surface area contributed by atoms with Gasteiger partial charge in [-0.15, -0.1) is 0 Å². The standard InChI is InChI=1S/C2HBOSi/c3-5-2-1-4/h2H. The third kappa shape index (κ3) is 3.73. The summed E-state index contributed by atoms with van der Waals surface area (Å²) in [6.07, 6.45) is 0. The fraction of sp³-hybridized carbons (Fsp3) is 0. The molecule has 0 N–H and O–H groups in total. The highest BCUT2D eigenvalue weighted by atomic mass is 28.2. The lowest BCUT2D eigenvalue weighted by molar-refractivity contribution is 0.569. The molecule has 0 rings (SSSR count). The van der Waals surface area contributed by atoms with E-state index in [1.165, 1.54) is 11.6 Å². The maximum absolute atomic E-state index is 9.15. The van der Waals surface area contributed by atoms with Crippen LogP contribution in [0.1, 0.15) is 0 Å².